The molecule has 1 unspecified atom stereocenters. The van der Waals surface area contributed by atoms with E-state index in [4.69, 9.17) is 0 Å². The third-order valence-electron chi connectivity index (χ3n) is 1.42. The summed E-state index contributed by atoms with van der Waals surface area (Å²) in [5.41, 5.74) is 0.404. The molecular weight excluding hydrogens is 148 g/mol. The van der Waals surface area contributed by atoms with Crippen LogP contribution in [0, 0.1) is 5.41 Å². The van der Waals surface area contributed by atoms with Gasteiger partial charge in [0.25, 0.3) is 0 Å². The molecule has 0 nitrogen and oxygen atoms in total. The Bertz CT molecular complexity index is 69.5. The molecule has 0 aliphatic heterocycles. The first-order valence-electron chi connectivity index (χ1n) is 3.16. The molecule has 0 aromatic heterocycles. The van der Waals surface area contributed by atoms with Gasteiger partial charge in [-0.15, -0.1) is 0 Å². The standard InChI is InChI=1S/C7H16S2/c1-7(2,3)6(5-8)9-4/h6,8H,5H2,1-4H3. The number of thioether (sulfide) groups is 1. The van der Waals surface area contributed by atoms with E-state index in [2.05, 4.69) is 39.7 Å². The van der Waals surface area contributed by atoms with Crippen molar-refractivity contribution in [2.24, 2.45) is 5.41 Å². The van der Waals surface area contributed by atoms with Crippen molar-refractivity contribution in [1.29, 1.82) is 0 Å². The molecule has 0 aromatic rings. The Morgan fingerprint density at radius 1 is 1.44 bits per heavy atom. The summed E-state index contributed by atoms with van der Waals surface area (Å²) in [5, 5.41) is 0.681. The highest BCUT2D eigenvalue weighted by Gasteiger charge is 2.21. The van der Waals surface area contributed by atoms with E-state index < -0.39 is 0 Å². The van der Waals surface area contributed by atoms with Crippen LogP contribution in [-0.2, 0) is 0 Å². The molecule has 0 fully saturated rings. The van der Waals surface area contributed by atoms with Gasteiger partial charge in [0.05, 0.1) is 0 Å². The second-order valence-corrected chi connectivity index (χ2v) is 4.68. The molecular formula is C7H16S2. The summed E-state index contributed by atoms with van der Waals surface area (Å²) in [6.45, 7) is 6.76. The van der Waals surface area contributed by atoms with E-state index in [1.807, 2.05) is 11.8 Å². The van der Waals surface area contributed by atoms with Gasteiger partial charge in [-0.1, -0.05) is 20.8 Å². The van der Waals surface area contributed by atoms with E-state index in [0.717, 1.165) is 5.75 Å². The van der Waals surface area contributed by atoms with Crippen molar-refractivity contribution >= 4 is 24.4 Å². The maximum Gasteiger partial charge on any atom is 0.0181 e. The van der Waals surface area contributed by atoms with Crippen molar-refractivity contribution < 1.29 is 0 Å². The van der Waals surface area contributed by atoms with Gasteiger partial charge < -0.3 is 0 Å². The molecule has 0 N–H and O–H groups in total. The van der Waals surface area contributed by atoms with Crippen molar-refractivity contribution in [2.75, 3.05) is 12.0 Å². The summed E-state index contributed by atoms with van der Waals surface area (Å²) in [5.74, 6) is 0.977. The van der Waals surface area contributed by atoms with E-state index in [1.165, 1.54) is 0 Å². The fraction of sp³-hybridized carbons (Fsp3) is 1.00. The predicted molar refractivity (Wildman–Crippen MR) is 50.6 cm³/mol. The van der Waals surface area contributed by atoms with Crippen LogP contribution >= 0.6 is 24.4 Å². The van der Waals surface area contributed by atoms with E-state index in [9.17, 15) is 0 Å². The van der Waals surface area contributed by atoms with Crippen molar-refractivity contribution in [3.05, 3.63) is 0 Å². The maximum atomic E-state index is 4.27. The largest absolute Gasteiger partial charge is 0.178 e. The Balaban J connectivity index is 3.79. The lowest BCUT2D eigenvalue weighted by Crippen LogP contribution is -2.24. The summed E-state index contributed by atoms with van der Waals surface area (Å²) < 4.78 is 0. The van der Waals surface area contributed by atoms with Crippen molar-refractivity contribution in [3.63, 3.8) is 0 Å². The molecule has 2 heteroatoms. The van der Waals surface area contributed by atoms with Gasteiger partial charge in [0.15, 0.2) is 0 Å². The van der Waals surface area contributed by atoms with Crippen LogP contribution in [0.1, 0.15) is 20.8 Å². The Hall–Kier alpha value is 0.700. The number of hydrogen-bond donors (Lipinski definition) is 1. The lowest BCUT2D eigenvalue weighted by molar-refractivity contribution is 0.415. The lowest BCUT2D eigenvalue weighted by atomic mass is 9.93. The predicted octanol–water partition coefficient (Wildman–Crippen LogP) is 2.69. The first-order valence-corrected chi connectivity index (χ1v) is 5.08. The summed E-state index contributed by atoms with van der Waals surface area (Å²) in [6.07, 6.45) is 2.14. The molecule has 1 atom stereocenters. The molecule has 0 aromatic carbocycles. The van der Waals surface area contributed by atoms with Gasteiger partial charge in [-0.25, -0.2) is 0 Å². The number of thiol groups is 1. The average molecular weight is 164 g/mol. The van der Waals surface area contributed by atoms with Crippen LogP contribution in [-0.4, -0.2) is 17.3 Å². The Morgan fingerprint density at radius 2 is 1.89 bits per heavy atom. The molecule has 0 spiro atoms. The maximum absolute atomic E-state index is 4.27. The normalized spacial score (nSPS) is 15.7. The molecule has 0 saturated heterocycles. The molecule has 0 rings (SSSR count). The zero-order valence-corrected chi connectivity index (χ0v) is 8.35. The third kappa shape index (κ3) is 3.41. The van der Waals surface area contributed by atoms with Crippen LogP contribution in [0.5, 0.6) is 0 Å². The lowest BCUT2D eigenvalue weighted by Gasteiger charge is -2.27. The fourth-order valence-electron chi connectivity index (χ4n) is 0.702. The molecule has 0 amide bonds. The first kappa shape index (κ1) is 9.70. The summed E-state index contributed by atoms with van der Waals surface area (Å²) >= 11 is 6.17. The Morgan fingerprint density at radius 3 is 1.89 bits per heavy atom. The molecule has 0 aliphatic rings. The third-order valence-corrected chi connectivity index (χ3v) is 3.47. The van der Waals surface area contributed by atoms with Gasteiger partial charge >= 0.3 is 0 Å². The van der Waals surface area contributed by atoms with Crippen molar-refractivity contribution in [3.8, 4) is 0 Å². The second kappa shape index (κ2) is 3.77. The molecule has 0 heterocycles. The van der Waals surface area contributed by atoms with Crippen LogP contribution in [0.25, 0.3) is 0 Å². The van der Waals surface area contributed by atoms with Gasteiger partial charge in [-0.2, -0.15) is 24.4 Å². The minimum atomic E-state index is 0.404. The quantitative estimate of drug-likeness (QED) is 0.612. The second-order valence-electron chi connectivity index (χ2n) is 3.27. The van der Waals surface area contributed by atoms with E-state index in [1.54, 1.807) is 0 Å². The van der Waals surface area contributed by atoms with E-state index in [-0.39, 0.29) is 0 Å². The molecule has 0 bridgehead atoms. The minimum Gasteiger partial charge on any atom is -0.178 e. The van der Waals surface area contributed by atoms with Crippen LogP contribution in [0.15, 0.2) is 0 Å². The highest BCUT2D eigenvalue weighted by Crippen LogP contribution is 2.29. The number of rotatable bonds is 2. The van der Waals surface area contributed by atoms with E-state index in [0.29, 0.717) is 10.7 Å². The topological polar surface area (TPSA) is 0 Å². The van der Waals surface area contributed by atoms with Crippen LogP contribution < -0.4 is 0 Å². The molecule has 0 radical (unpaired) electrons. The summed E-state index contributed by atoms with van der Waals surface area (Å²) in [6, 6.07) is 0. The SMILES string of the molecule is CSC(CS)C(C)(C)C. The molecule has 0 aliphatic carbocycles. The van der Waals surface area contributed by atoms with Crippen molar-refractivity contribution in [2.45, 2.75) is 26.0 Å². The molecule has 56 valence electrons. The average Bonchev–Trinajstić information content (AvgIpc) is 1.65. The summed E-state index contributed by atoms with van der Waals surface area (Å²) in [7, 11) is 0. The zero-order chi connectivity index (χ0) is 7.49. The van der Waals surface area contributed by atoms with Crippen LogP contribution in [0.3, 0.4) is 0 Å². The molecule has 0 saturated carbocycles. The Labute approximate surface area is 68.2 Å². The summed E-state index contributed by atoms with van der Waals surface area (Å²) in [4.78, 5) is 0. The van der Waals surface area contributed by atoms with Gasteiger partial charge in [-0.3, -0.25) is 0 Å². The van der Waals surface area contributed by atoms with Gasteiger partial charge in [-0.05, 0) is 11.7 Å². The zero-order valence-electron chi connectivity index (χ0n) is 6.64. The number of hydrogen-bond acceptors (Lipinski definition) is 2. The van der Waals surface area contributed by atoms with Gasteiger partial charge in [0.1, 0.15) is 0 Å². The highest BCUT2D eigenvalue weighted by atomic mass is 32.2. The minimum absolute atomic E-state index is 0.404. The van der Waals surface area contributed by atoms with Crippen molar-refractivity contribution in [1.82, 2.24) is 0 Å². The van der Waals surface area contributed by atoms with Gasteiger partial charge in [0, 0.05) is 11.0 Å². The molecule has 9 heavy (non-hydrogen) atoms. The Kier molecular flexibility index (Phi) is 4.06. The fourth-order valence-corrected chi connectivity index (χ4v) is 2.55. The van der Waals surface area contributed by atoms with Crippen LogP contribution in [0.4, 0.5) is 0 Å². The first-order chi connectivity index (χ1) is 4.02. The highest BCUT2D eigenvalue weighted by molar-refractivity contribution is 8.00. The smallest absolute Gasteiger partial charge is 0.0181 e. The van der Waals surface area contributed by atoms with Gasteiger partial charge in [0.2, 0.25) is 0 Å². The monoisotopic (exact) mass is 164 g/mol. The van der Waals surface area contributed by atoms with Crippen LogP contribution in [0.2, 0.25) is 0 Å². The van der Waals surface area contributed by atoms with E-state index >= 15 is 0 Å².